The Morgan fingerprint density at radius 2 is 1.53 bits per heavy atom. The van der Waals surface area contributed by atoms with Crippen molar-refractivity contribution in [1.82, 2.24) is 0 Å². The van der Waals surface area contributed by atoms with Crippen molar-refractivity contribution >= 4 is 46.6 Å². The Hall–Kier alpha value is -3.02. The summed E-state index contributed by atoms with van der Waals surface area (Å²) >= 11 is 7.25. The number of hydrogen-bond acceptors (Lipinski definition) is 4. The minimum Gasteiger partial charge on any atom is -0.350 e. The van der Waals surface area contributed by atoms with E-state index in [4.69, 9.17) is 11.6 Å². The molecule has 0 saturated heterocycles. The van der Waals surface area contributed by atoms with E-state index in [-0.39, 0.29) is 17.5 Å². The number of anilines is 2. The number of aryl methyl sites for hydroxylation is 2. The molecule has 0 radical (unpaired) electrons. The first-order valence-corrected chi connectivity index (χ1v) is 10.6. The fraction of sp³-hybridized carbons (Fsp3) is 0.0833. The standard InChI is InChI=1S/C24H19ClN2O2S/c1-15-8-11-18(14-16(15)2)26-21-22(30-20-6-4-3-5-7-20)24(29)27(23(21)28)19-12-9-17(25)10-13-19/h3-14,26H,1-2H3. The molecule has 6 heteroatoms. The van der Waals surface area contributed by atoms with Crippen molar-refractivity contribution in [2.24, 2.45) is 0 Å². The van der Waals surface area contributed by atoms with E-state index in [1.165, 1.54) is 16.7 Å². The van der Waals surface area contributed by atoms with Gasteiger partial charge in [-0.3, -0.25) is 9.59 Å². The smallest absolute Gasteiger partial charge is 0.283 e. The van der Waals surface area contributed by atoms with Gasteiger partial charge in [-0.05, 0) is 73.5 Å². The minimum absolute atomic E-state index is 0.270. The van der Waals surface area contributed by atoms with Crippen LogP contribution in [0.3, 0.4) is 0 Å². The van der Waals surface area contributed by atoms with Crippen molar-refractivity contribution in [3.05, 3.63) is 99.5 Å². The number of amides is 2. The normalized spacial score (nSPS) is 13.9. The van der Waals surface area contributed by atoms with E-state index in [9.17, 15) is 9.59 Å². The molecule has 4 nitrogen and oxygen atoms in total. The molecule has 3 aromatic rings. The number of nitrogens with one attached hydrogen (secondary N) is 1. The largest absolute Gasteiger partial charge is 0.350 e. The molecule has 4 rings (SSSR count). The third-order valence-electron chi connectivity index (χ3n) is 4.87. The average molecular weight is 435 g/mol. The van der Waals surface area contributed by atoms with Crippen LogP contribution in [-0.2, 0) is 9.59 Å². The lowest BCUT2D eigenvalue weighted by molar-refractivity contribution is -0.120. The first-order valence-electron chi connectivity index (χ1n) is 9.40. The predicted octanol–water partition coefficient (Wildman–Crippen LogP) is 5.95. The van der Waals surface area contributed by atoms with Crippen molar-refractivity contribution in [2.75, 3.05) is 10.2 Å². The molecule has 0 aromatic heterocycles. The molecular weight excluding hydrogens is 416 g/mol. The van der Waals surface area contributed by atoms with E-state index < -0.39 is 0 Å². The second kappa shape index (κ2) is 8.38. The Morgan fingerprint density at radius 3 is 2.20 bits per heavy atom. The third-order valence-corrected chi connectivity index (χ3v) is 6.21. The van der Waals surface area contributed by atoms with E-state index in [2.05, 4.69) is 5.32 Å². The lowest BCUT2D eigenvalue weighted by atomic mass is 10.1. The first kappa shape index (κ1) is 20.3. The lowest BCUT2D eigenvalue weighted by Crippen LogP contribution is -2.32. The number of imide groups is 1. The van der Waals surface area contributed by atoms with Crippen LogP contribution in [0.1, 0.15) is 11.1 Å². The van der Waals surface area contributed by atoms with E-state index in [0.717, 1.165) is 21.7 Å². The van der Waals surface area contributed by atoms with Crippen molar-refractivity contribution in [2.45, 2.75) is 18.7 Å². The SMILES string of the molecule is Cc1ccc(NC2=C(Sc3ccccc3)C(=O)N(c3ccc(Cl)cc3)C2=O)cc1C. The van der Waals surface area contributed by atoms with Crippen LogP contribution in [0.5, 0.6) is 0 Å². The van der Waals surface area contributed by atoms with Gasteiger partial charge in [-0.15, -0.1) is 0 Å². The van der Waals surface area contributed by atoms with Crippen LogP contribution in [0.4, 0.5) is 11.4 Å². The Morgan fingerprint density at radius 1 is 0.833 bits per heavy atom. The number of benzene rings is 3. The molecule has 1 aliphatic heterocycles. The maximum absolute atomic E-state index is 13.3. The summed E-state index contributed by atoms with van der Waals surface area (Å²) in [5, 5.41) is 3.73. The summed E-state index contributed by atoms with van der Waals surface area (Å²) in [6, 6.07) is 22.1. The number of thioether (sulfide) groups is 1. The Labute approximate surface area is 184 Å². The van der Waals surface area contributed by atoms with Crippen LogP contribution >= 0.6 is 23.4 Å². The molecule has 0 fully saturated rings. The Bertz CT molecular complexity index is 1160. The number of carbonyl (C=O) groups is 2. The van der Waals surface area contributed by atoms with Gasteiger partial charge in [0.1, 0.15) is 10.6 Å². The molecule has 0 aliphatic carbocycles. The number of rotatable bonds is 5. The molecule has 0 unspecified atom stereocenters. The van der Waals surface area contributed by atoms with Gasteiger partial charge in [0.25, 0.3) is 11.8 Å². The molecule has 1 N–H and O–H groups in total. The van der Waals surface area contributed by atoms with Crippen LogP contribution in [0.2, 0.25) is 5.02 Å². The molecule has 150 valence electrons. The third kappa shape index (κ3) is 3.99. The van der Waals surface area contributed by atoms with Crippen molar-refractivity contribution in [3.8, 4) is 0 Å². The topological polar surface area (TPSA) is 49.4 Å². The highest BCUT2D eigenvalue weighted by Crippen LogP contribution is 2.38. The molecule has 1 aliphatic rings. The van der Waals surface area contributed by atoms with Crippen molar-refractivity contribution in [3.63, 3.8) is 0 Å². The van der Waals surface area contributed by atoms with Gasteiger partial charge in [0, 0.05) is 15.6 Å². The maximum atomic E-state index is 13.3. The zero-order valence-electron chi connectivity index (χ0n) is 16.5. The molecule has 0 saturated carbocycles. The fourth-order valence-corrected chi connectivity index (χ4v) is 4.18. The van der Waals surface area contributed by atoms with Gasteiger partial charge in [0.2, 0.25) is 0 Å². The predicted molar refractivity (Wildman–Crippen MR) is 123 cm³/mol. The Balaban J connectivity index is 1.74. The van der Waals surface area contributed by atoms with Crippen molar-refractivity contribution in [1.29, 1.82) is 0 Å². The summed E-state index contributed by atoms with van der Waals surface area (Å²) < 4.78 is 0. The molecule has 0 bridgehead atoms. The second-order valence-corrected chi connectivity index (χ2v) is 8.49. The quantitative estimate of drug-likeness (QED) is 0.504. The number of carbonyl (C=O) groups excluding carboxylic acids is 2. The highest BCUT2D eigenvalue weighted by atomic mass is 35.5. The second-order valence-electron chi connectivity index (χ2n) is 6.97. The van der Waals surface area contributed by atoms with Gasteiger partial charge < -0.3 is 5.32 Å². The highest BCUT2D eigenvalue weighted by molar-refractivity contribution is 8.04. The molecule has 30 heavy (non-hydrogen) atoms. The molecule has 1 heterocycles. The van der Waals surface area contributed by atoms with Gasteiger partial charge in [-0.1, -0.05) is 47.6 Å². The Kier molecular flexibility index (Phi) is 5.66. The van der Waals surface area contributed by atoms with Crippen LogP contribution in [0, 0.1) is 13.8 Å². The zero-order chi connectivity index (χ0) is 21.3. The molecular formula is C24H19ClN2O2S. The summed E-state index contributed by atoms with van der Waals surface area (Å²) in [6.07, 6.45) is 0. The monoisotopic (exact) mass is 434 g/mol. The van der Waals surface area contributed by atoms with E-state index >= 15 is 0 Å². The summed E-state index contributed by atoms with van der Waals surface area (Å²) in [5.74, 6) is -0.749. The average Bonchev–Trinajstić information content (AvgIpc) is 2.96. The number of nitrogens with zero attached hydrogens (tertiary/aromatic N) is 1. The van der Waals surface area contributed by atoms with Gasteiger partial charge in [0.05, 0.1) is 5.69 Å². The van der Waals surface area contributed by atoms with Crippen LogP contribution in [0.25, 0.3) is 0 Å². The van der Waals surface area contributed by atoms with Gasteiger partial charge in [-0.2, -0.15) is 0 Å². The fourth-order valence-electron chi connectivity index (χ4n) is 3.11. The van der Waals surface area contributed by atoms with Crippen molar-refractivity contribution < 1.29 is 9.59 Å². The van der Waals surface area contributed by atoms with E-state index in [1.54, 1.807) is 24.3 Å². The summed E-state index contributed by atoms with van der Waals surface area (Å²) in [5.41, 5.74) is 3.78. The van der Waals surface area contributed by atoms with Gasteiger partial charge in [-0.25, -0.2) is 4.90 Å². The van der Waals surface area contributed by atoms with Crippen LogP contribution < -0.4 is 10.2 Å². The van der Waals surface area contributed by atoms with E-state index in [1.807, 2.05) is 62.4 Å². The molecule has 3 aromatic carbocycles. The summed E-state index contributed by atoms with van der Waals surface area (Å²) in [6.45, 7) is 4.04. The molecule has 0 atom stereocenters. The van der Waals surface area contributed by atoms with Crippen LogP contribution in [0.15, 0.2) is 88.3 Å². The maximum Gasteiger partial charge on any atom is 0.283 e. The zero-order valence-corrected chi connectivity index (χ0v) is 18.1. The molecule has 0 spiro atoms. The summed E-state index contributed by atoms with van der Waals surface area (Å²) in [7, 11) is 0. The van der Waals surface area contributed by atoms with E-state index in [0.29, 0.717) is 15.6 Å². The van der Waals surface area contributed by atoms with Gasteiger partial charge in [0.15, 0.2) is 0 Å². The highest BCUT2D eigenvalue weighted by Gasteiger charge is 2.40. The minimum atomic E-state index is -0.390. The first-order chi connectivity index (χ1) is 14.4. The van der Waals surface area contributed by atoms with Gasteiger partial charge >= 0.3 is 0 Å². The van der Waals surface area contributed by atoms with Crippen LogP contribution in [-0.4, -0.2) is 11.8 Å². The summed E-state index contributed by atoms with van der Waals surface area (Å²) in [4.78, 5) is 29.0. The number of halogens is 1. The number of hydrogen-bond donors (Lipinski definition) is 1. The lowest BCUT2D eigenvalue weighted by Gasteiger charge is -2.15. The molecule has 2 amide bonds.